The van der Waals surface area contributed by atoms with E-state index >= 15 is 0 Å². The van der Waals surface area contributed by atoms with Gasteiger partial charge in [0.25, 0.3) is 0 Å². The van der Waals surface area contributed by atoms with E-state index in [4.69, 9.17) is 9.47 Å². The molecule has 2 N–H and O–H groups in total. The van der Waals surface area contributed by atoms with Crippen molar-refractivity contribution in [2.24, 2.45) is 17.8 Å². The highest BCUT2D eigenvalue weighted by molar-refractivity contribution is 5.73. The molecule has 0 saturated heterocycles. The fourth-order valence-electron chi connectivity index (χ4n) is 6.28. The topological polar surface area (TPSA) is 67.8 Å². The first-order chi connectivity index (χ1) is 19.4. The molecule has 0 aromatic heterocycles. The smallest absolute Gasteiger partial charge is 0.211 e. The molecule has 1 heterocycles. The zero-order valence-corrected chi connectivity index (χ0v) is 27.0. The number of amides is 1. The van der Waals surface area contributed by atoms with Crippen molar-refractivity contribution in [2.75, 3.05) is 5.32 Å². The second kappa shape index (κ2) is 15.0. The Morgan fingerprint density at radius 1 is 0.951 bits per heavy atom. The largest absolute Gasteiger partial charge is 0.504 e. The van der Waals surface area contributed by atoms with E-state index in [9.17, 15) is 9.90 Å². The first-order valence-corrected chi connectivity index (χ1v) is 16.0. The average Bonchev–Trinajstić information content (AvgIpc) is 2.91. The van der Waals surface area contributed by atoms with Crippen molar-refractivity contribution < 1.29 is 19.4 Å². The fourth-order valence-corrected chi connectivity index (χ4v) is 6.28. The van der Waals surface area contributed by atoms with Gasteiger partial charge in [-0.1, -0.05) is 72.6 Å². The van der Waals surface area contributed by atoms with E-state index in [-0.39, 0.29) is 11.4 Å². The second-order valence-electron chi connectivity index (χ2n) is 13.5. The van der Waals surface area contributed by atoms with Crippen LogP contribution in [-0.4, -0.2) is 17.1 Å². The molecular weight excluding hydrogens is 510 g/mol. The van der Waals surface area contributed by atoms with Crippen LogP contribution < -0.4 is 14.8 Å². The number of benzene rings is 2. The second-order valence-corrected chi connectivity index (χ2v) is 13.5. The van der Waals surface area contributed by atoms with Gasteiger partial charge in [0.1, 0.15) is 17.1 Å². The van der Waals surface area contributed by atoms with Crippen LogP contribution >= 0.6 is 0 Å². The van der Waals surface area contributed by atoms with Gasteiger partial charge in [0.2, 0.25) is 6.41 Å². The molecule has 41 heavy (non-hydrogen) atoms. The van der Waals surface area contributed by atoms with Gasteiger partial charge < -0.3 is 19.9 Å². The normalized spacial score (nSPS) is 18.0. The number of aromatic hydroxyl groups is 1. The monoisotopic (exact) mass is 565 g/mol. The molecule has 2 aromatic rings. The van der Waals surface area contributed by atoms with Crippen LogP contribution in [-0.2, 0) is 11.2 Å². The summed E-state index contributed by atoms with van der Waals surface area (Å²) in [6.45, 7) is 18.0. The highest BCUT2D eigenvalue weighted by Gasteiger charge is 2.34. The van der Waals surface area contributed by atoms with Gasteiger partial charge in [-0.25, -0.2) is 0 Å². The Labute approximate surface area is 249 Å². The molecule has 5 heteroatoms. The number of anilines is 1. The molecule has 1 aliphatic rings. The maximum absolute atomic E-state index is 10.9. The summed E-state index contributed by atoms with van der Waals surface area (Å²) < 4.78 is 13.0. The zero-order chi connectivity index (χ0) is 30.2. The molecule has 0 saturated carbocycles. The number of carbonyl (C=O) groups excluding carboxylic acids is 1. The minimum Gasteiger partial charge on any atom is -0.504 e. The Morgan fingerprint density at radius 3 is 2.22 bits per heavy atom. The molecule has 0 radical (unpaired) electrons. The summed E-state index contributed by atoms with van der Waals surface area (Å²) in [7, 11) is 0. The Morgan fingerprint density at radius 2 is 1.59 bits per heavy atom. The van der Waals surface area contributed by atoms with Crippen molar-refractivity contribution >= 4 is 12.1 Å². The van der Waals surface area contributed by atoms with Gasteiger partial charge in [0, 0.05) is 17.3 Å². The summed E-state index contributed by atoms with van der Waals surface area (Å²) in [5.74, 6) is 4.54. The van der Waals surface area contributed by atoms with Crippen LogP contribution in [0.3, 0.4) is 0 Å². The highest BCUT2D eigenvalue weighted by Crippen LogP contribution is 2.47. The minimum atomic E-state index is -0.156. The van der Waals surface area contributed by atoms with Crippen LogP contribution in [0.5, 0.6) is 23.0 Å². The van der Waals surface area contributed by atoms with Crippen LogP contribution in [0.25, 0.3) is 0 Å². The van der Waals surface area contributed by atoms with Crippen molar-refractivity contribution in [3.05, 3.63) is 40.5 Å². The van der Waals surface area contributed by atoms with Crippen LogP contribution in [0.1, 0.15) is 121 Å². The lowest BCUT2D eigenvalue weighted by Gasteiger charge is -2.38. The molecule has 1 amide bonds. The quantitative estimate of drug-likeness (QED) is 0.157. The standard InChI is InChI=1S/C36H55NO4/c1-24(2)12-9-13-25(3)14-10-15-26(4)16-11-20-36(8)21-19-31-29(7)34(27(5)28(6)35(31)41-36)40-33-22-30(37-23-38)17-18-32(33)39/h17-18,22-26,39H,9-16,19-21H2,1-8H3,(H,37,38). The van der Waals surface area contributed by atoms with Crippen LogP contribution in [0.4, 0.5) is 5.69 Å². The third kappa shape index (κ3) is 9.15. The highest BCUT2D eigenvalue weighted by atomic mass is 16.5. The van der Waals surface area contributed by atoms with Gasteiger partial charge in [0.15, 0.2) is 11.5 Å². The predicted molar refractivity (Wildman–Crippen MR) is 171 cm³/mol. The molecule has 0 spiro atoms. The number of rotatable bonds is 16. The predicted octanol–water partition coefficient (Wildman–Crippen LogP) is 10.2. The minimum absolute atomic E-state index is 0.0322. The lowest BCUT2D eigenvalue weighted by Crippen LogP contribution is -2.37. The van der Waals surface area contributed by atoms with Gasteiger partial charge in [-0.15, -0.1) is 0 Å². The SMILES string of the molecule is Cc1c(C)c2c(c(C)c1Oc1cc(NC=O)ccc1O)CCC(C)(CCCC(C)CCCC(C)CCCC(C)C)O2. The van der Waals surface area contributed by atoms with Crippen molar-refractivity contribution in [2.45, 2.75) is 132 Å². The number of ether oxygens (including phenoxy) is 2. The number of hydrogen-bond donors (Lipinski definition) is 2. The summed E-state index contributed by atoms with van der Waals surface area (Å²) in [4.78, 5) is 10.9. The lowest BCUT2D eigenvalue weighted by molar-refractivity contribution is -0.105. The molecule has 0 fully saturated rings. The van der Waals surface area contributed by atoms with Crippen LogP contribution in [0.2, 0.25) is 0 Å². The fraction of sp³-hybridized carbons (Fsp3) is 0.639. The van der Waals surface area contributed by atoms with E-state index in [0.717, 1.165) is 65.2 Å². The van der Waals surface area contributed by atoms with Crippen LogP contribution in [0.15, 0.2) is 18.2 Å². The van der Waals surface area contributed by atoms with E-state index in [1.807, 2.05) is 6.92 Å². The summed E-state index contributed by atoms with van der Waals surface area (Å²) in [5.41, 5.74) is 4.74. The summed E-state index contributed by atoms with van der Waals surface area (Å²) in [5, 5.41) is 13.0. The molecule has 3 rings (SSSR count). The number of fused-ring (bicyclic) bond motifs is 1. The number of phenols is 1. The Bertz CT molecular complexity index is 1160. The van der Waals surface area contributed by atoms with E-state index in [2.05, 4.69) is 53.8 Å². The molecule has 3 unspecified atom stereocenters. The molecular formula is C36H55NO4. The summed E-state index contributed by atoms with van der Waals surface area (Å²) >= 11 is 0. The van der Waals surface area contributed by atoms with Gasteiger partial charge in [-0.3, -0.25) is 4.79 Å². The Balaban J connectivity index is 1.56. The third-order valence-corrected chi connectivity index (χ3v) is 9.24. The van der Waals surface area contributed by atoms with E-state index in [1.165, 1.54) is 63.0 Å². The van der Waals surface area contributed by atoms with E-state index in [0.29, 0.717) is 17.8 Å². The number of carbonyl (C=O) groups is 1. The van der Waals surface area contributed by atoms with Crippen molar-refractivity contribution in [3.63, 3.8) is 0 Å². The van der Waals surface area contributed by atoms with Gasteiger partial charge in [-0.05, 0) is 100.0 Å². The lowest BCUT2D eigenvalue weighted by atomic mass is 9.83. The number of hydrogen-bond acceptors (Lipinski definition) is 4. The first-order valence-electron chi connectivity index (χ1n) is 16.0. The summed E-state index contributed by atoms with van der Waals surface area (Å²) in [6, 6.07) is 4.81. The van der Waals surface area contributed by atoms with Gasteiger partial charge in [0.05, 0.1) is 0 Å². The van der Waals surface area contributed by atoms with E-state index < -0.39 is 0 Å². The van der Waals surface area contributed by atoms with Gasteiger partial charge >= 0.3 is 0 Å². The zero-order valence-electron chi connectivity index (χ0n) is 27.0. The molecule has 1 aliphatic heterocycles. The number of nitrogens with one attached hydrogen (secondary N) is 1. The van der Waals surface area contributed by atoms with Crippen LogP contribution in [0, 0.1) is 38.5 Å². The molecule has 0 bridgehead atoms. The molecule has 2 aromatic carbocycles. The van der Waals surface area contributed by atoms with Crippen molar-refractivity contribution in [1.29, 1.82) is 0 Å². The molecule has 0 aliphatic carbocycles. The third-order valence-electron chi connectivity index (χ3n) is 9.24. The Kier molecular flexibility index (Phi) is 12.0. The maximum Gasteiger partial charge on any atom is 0.211 e. The van der Waals surface area contributed by atoms with Crippen molar-refractivity contribution in [3.8, 4) is 23.0 Å². The average molecular weight is 566 g/mol. The number of phenolic OH excluding ortho intramolecular Hbond substituents is 1. The first kappa shape index (κ1) is 32.8. The summed E-state index contributed by atoms with van der Waals surface area (Å²) in [6.07, 6.45) is 14.2. The van der Waals surface area contributed by atoms with E-state index in [1.54, 1.807) is 12.1 Å². The maximum atomic E-state index is 10.9. The van der Waals surface area contributed by atoms with Gasteiger partial charge in [-0.2, -0.15) is 0 Å². The molecule has 5 nitrogen and oxygen atoms in total. The molecule has 3 atom stereocenters. The van der Waals surface area contributed by atoms with Crippen molar-refractivity contribution in [1.82, 2.24) is 0 Å². The Hall–Kier alpha value is -2.69. The molecule has 228 valence electrons.